The van der Waals surface area contributed by atoms with Crippen molar-refractivity contribution in [1.29, 1.82) is 0 Å². The fourth-order valence-electron chi connectivity index (χ4n) is 3.28. The van der Waals surface area contributed by atoms with Gasteiger partial charge in [0.1, 0.15) is 6.61 Å². The van der Waals surface area contributed by atoms with Gasteiger partial charge in [-0.1, -0.05) is 13.0 Å². The summed E-state index contributed by atoms with van der Waals surface area (Å²) in [6.07, 6.45) is 5.00. The van der Waals surface area contributed by atoms with Crippen LogP contribution in [0.1, 0.15) is 60.3 Å². The highest BCUT2D eigenvalue weighted by Crippen LogP contribution is 2.46. The summed E-state index contributed by atoms with van der Waals surface area (Å²) in [5.74, 6) is -0.0648. The Labute approximate surface area is 128 Å². The molecule has 4 nitrogen and oxygen atoms in total. The van der Waals surface area contributed by atoms with Gasteiger partial charge in [0.25, 0.3) is 0 Å². The maximum absolute atomic E-state index is 10.7. The smallest absolute Gasteiger partial charge is 0.302 e. The van der Waals surface area contributed by atoms with Crippen molar-refractivity contribution in [2.24, 2.45) is 11.8 Å². The lowest BCUT2D eigenvalue weighted by atomic mass is 9.76. The van der Waals surface area contributed by atoms with E-state index in [4.69, 9.17) is 4.74 Å². The van der Waals surface area contributed by atoms with Crippen LogP contribution in [0.3, 0.4) is 0 Å². The molecular formula is C17H30O4. The van der Waals surface area contributed by atoms with E-state index in [-0.39, 0.29) is 17.8 Å². The highest BCUT2D eigenvalue weighted by atomic mass is 16.5. The van der Waals surface area contributed by atoms with Crippen molar-refractivity contribution in [2.75, 3.05) is 6.61 Å². The molecule has 0 aromatic rings. The summed E-state index contributed by atoms with van der Waals surface area (Å²) in [6.45, 7) is 9.37. The molecule has 0 heterocycles. The van der Waals surface area contributed by atoms with Gasteiger partial charge in [0.05, 0.1) is 11.2 Å². The average molecular weight is 298 g/mol. The number of esters is 1. The summed E-state index contributed by atoms with van der Waals surface area (Å²) in [7, 11) is 0. The van der Waals surface area contributed by atoms with Gasteiger partial charge < -0.3 is 14.9 Å². The predicted octanol–water partition coefficient (Wildman–Crippen LogP) is 2.82. The van der Waals surface area contributed by atoms with Crippen LogP contribution < -0.4 is 0 Å². The lowest BCUT2D eigenvalue weighted by Crippen LogP contribution is -2.40. The SMILES string of the molecule is CC(=O)OC/C(C)=C/CC[C@@](C)(O)[C@@H]1CC[C@@](C)(O)[C@H]1C. The van der Waals surface area contributed by atoms with Gasteiger partial charge in [-0.05, 0) is 63.9 Å². The first-order valence-corrected chi connectivity index (χ1v) is 7.80. The Hall–Kier alpha value is -0.870. The minimum Gasteiger partial charge on any atom is -0.461 e. The van der Waals surface area contributed by atoms with Crippen LogP contribution in [-0.4, -0.2) is 34.0 Å². The molecule has 0 unspecified atom stereocenters. The van der Waals surface area contributed by atoms with Crippen LogP contribution in [-0.2, 0) is 9.53 Å². The number of allylic oxidation sites excluding steroid dienone is 1. The van der Waals surface area contributed by atoms with Crippen LogP contribution >= 0.6 is 0 Å². The Morgan fingerprint density at radius 1 is 1.48 bits per heavy atom. The van der Waals surface area contributed by atoms with Gasteiger partial charge >= 0.3 is 5.97 Å². The van der Waals surface area contributed by atoms with Crippen LogP contribution in [0.5, 0.6) is 0 Å². The Morgan fingerprint density at radius 2 is 2.10 bits per heavy atom. The van der Waals surface area contributed by atoms with E-state index in [9.17, 15) is 15.0 Å². The molecule has 122 valence electrons. The van der Waals surface area contributed by atoms with Gasteiger partial charge in [0.15, 0.2) is 0 Å². The molecule has 2 N–H and O–H groups in total. The van der Waals surface area contributed by atoms with Gasteiger partial charge in [-0.2, -0.15) is 0 Å². The molecule has 1 aliphatic carbocycles. The number of ether oxygens (including phenoxy) is 1. The largest absolute Gasteiger partial charge is 0.461 e. The highest BCUT2D eigenvalue weighted by Gasteiger charge is 2.47. The van der Waals surface area contributed by atoms with Gasteiger partial charge in [0.2, 0.25) is 0 Å². The van der Waals surface area contributed by atoms with Crippen molar-refractivity contribution in [3.05, 3.63) is 11.6 Å². The van der Waals surface area contributed by atoms with Crippen molar-refractivity contribution in [3.8, 4) is 0 Å². The van der Waals surface area contributed by atoms with Crippen molar-refractivity contribution < 1.29 is 19.7 Å². The number of hydrogen-bond donors (Lipinski definition) is 2. The molecule has 0 aromatic heterocycles. The first-order valence-electron chi connectivity index (χ1n) is 7.80. The highest BCUT2D eigenvalue weighted by molar-refractivity contribution is 5.66. The number of carbonyl (C=O) groups is 1. The molecule has 4 atom stereocenters. The summed E-state index contributed by atoms with van der Waals surface area (Å²) in [4.78, 5) is 10.7. The maximum atomic E-state index is 10.7. The minimum absolute atomic E-state index is 0.0959. The first kappa shape index (κ1) is 18.2. The van der Waals surface area contributed by atoms with Gasteiger partial charge in [0, 0.05) is 6.92 Å². The van der Waals surface area contributed by atoms with E-state index >= 15 is 0 Å². The molecule has 1 aliphatic rings. The number of rotatable bonds is 6. The van der Waals surface area contributed by atoms with E-state index in [1.54, 1.807) is 0 Å². The van der Waals surface area contributed by atoms with Gasteiger partial charge in [-0.15, -0.1) is 0 Å². The number of hydrogen-bond acceptors (Lipinski definition) is 4. The average Bonchev–Trinajstić information content (AvgIpc) is 2.62. The monoisotopic (exact) mass is 298 g/mol. The predicted molar refractivity (Wildman–Crippen MR) is 82.8 cm³/mol. The molecule has 21 heavy (non-hydrogen) atoms. The summed E-state index contributed by atoms with van der Waals surface area (Å²) >= 11 is 0. The fourth-order valence-corrected chi connectivity index (χ4v) is 3.28. The fraction of sp³-hybridized carbons (Fsp3) is 0.824. The van der Waals surface area contributed by atoms with Crippen molar-refractivity contribution in [1.82, 2.24) is 0 Å². The maximum Gasteiger partial charge on any atom is 0.302 e. The normalized spacial score (nSPS) is 32.8. The molecule has 0 aliphatic heterocycles. The Bertz CT molecular complexity index is 396. The van der Waals surface area contributed by atoms with Crippen molar-refractivity contribution in [2.45, 2.75) is 71.5 Å². The van der Waals surface area contributed by atoms with E-state index in [0.717, 1.165) is 24.8 Å². The van der Waals surface area contributed by atoms with Crippen LogP contribution in [0.2, 0.25) is 0 Å². The lowest BCUT2D eigenvalue weighted by molar-refractivity contribution is -0.139. The van der Waals surface area contributed by atoms with Crippen molar-refractivity contribution in [3.63, 3.8) is 0 Å². The zero-order valence-electron chi connectivity index (χ0n) is 14.0. The van der Waals surface area contributed by atoms with E-state index in [2.05, 4.69) is 0 Å². The molecule has 0 aromatic carbocycles. The molecular weight excluding hydrogens is 268 g/mol. The zero-order chi connectivity index (χ0) is 16.3. The summed E-state index contributed by atoms with van der Waals surface area (Å²) < 4.78 is 4.93. The second-order valence-electron chi connectivity index (χ2n) is 7.02. The molecule has 1 fully saturated rings. The molecule has 0 saturated heterocycles. The Kier molecular flexibility index (Phi) is 6.00. The zero-order valence-corrected chi connectivity index (χ0v) is 14.0. The van der Waals surface area contributed by atoms with E-state index < -0.39 is 11.2 Å². The second-order valence-corrected chi connectivity index (χ2v) is 7.02. The lowest BCUT2D eigenvalue weighted by Gasteiger charge is -2.35. The van der Waals surface area contributed by atoms with Crippen LogP contribution in [0.4, 0.5) is 0 Å². The van der Waals surface area contributed by atoms with E-state index in [0.29, 0.717) is 13.0 Å². The summed E-state index contributed by atoms with van der Waals surface area (Å²) in [5, 5.41) is 21.0. The summed E-state index contributed by atoms with van der Waals surface area (Å²) in [5.41, 5.74) is -0.458. The minimum atomic E-state index is -0.780. The van der Waals surface area contributed by atoms with E-state index in [1.807, 2.05) is 33.8 Å². The van der Waals surface area contributed by atoms with Gasteiger partial charge in [-0.3, -0.25) is 4.79 Å². The molecule has 0 radical (unpaired) electrons. The molecule has 4 heteroatoms. The third kappa shape index (κ3) is 5.11. The third-order valence-electron chi connectivity index (χ3n) is 4.99. The molecule has 0 amide bonds. The van der Waals surface area contributed by atoms with Crippen LogP contribution in [0.15, 0.2) is 11.6 Å². The number of aliphatic hydroxyl groups is 2. The Balaban J connectivity index is 2.50. The van der Waals surface area contributed by atoms with Gasteiger partial charge in [-0.25, -0.2) is 0 Å². The first-order chi connectivity index (χ1) is 9.56. The van der Waals surface area contributed by atoms with Crippen molar-refractivity contribution >= 4 is 5.97 Å². The summed E-state index contributed by atoms with van der Waals surface area (Å²) in [6, 6.07) is 0. The third-order valence-corrected chi connectivity index (χ3v) is 4.99. The quantitative estimate of drug-likeness (QED) is 0.584. The van der Waals surface area contributed by atoms with Crippen LogP contribution in [0, 0.1) is 11.8 Å². The second kappa shape index (κ2) is 6.93. The molecule has 0 bridgehead atoms. The van der Waals surface area contributed by atoms with Crippen LogP contribution in [0.25, 0.3) is 0 Å². The standard InChI is InChI=1S/C17H30O4/c1-12(11-21-14(3)18)7-6-9-17(5,20)15-8-10-16(4,19)13(15)2/h7,13,15,19-20H,6,8-11H2,1-5H3/b12-7+/t13-,15+,16+,17+/m0/s1. The number of carbonyl (C=O) groups excluding carboxylic acids is 1. The Morgan fingerprint density at radius 3 is 2.57 bits per heavy atom. The van der Waals surface area contributed by atoms with E-state index in [1.165, 1.54) is 6.92 Å². The topological polar surface area (TPSA) is 66.8 Å². The molecule has 1 saturated carbocycles. The molecule has 1 rings (SSSR count). The molecule has 0 spiro atoms.